The fourth-order valence-corrected chi connectivity index (χ4v) is 5.18. The number of hydrogen-bond acceptors (Lipinski definition) is 4. The third-order valence-electron chi connectivity index (χ3n) is 5.42. The lowest BCUT2D eigenvalue weighted by Gasteiger charge is -2.11. The first-order valence-electron chi connectivity index (χ1n) is 10.7. The third kappa shape index (κ3) is 4.98. The topological polar surface area (TPSA) is 47.9 Å². The monoisotopic (exact) mass is 575 g/mol. The Hall–Kier alpha value is -3.22. The molecule has 34 heavy (non-hydrogen) atoms. The number of aliphatic imine (C=N–C) groups is 1. The Morgan fingerprint density at radius 1 is 0.853 bits per heavy atom. The van der Waals surface area contributed by atoms with Gasteiger partial charge in [0.05, 0.1) is 15.6 Å². The number of ether oxygens (including phenoxy) is 2. The molecule has 1 aliphatic rings. The fraction of sp³-hybridized carbons (Fsp3) is 0.0714. The molecule has 0 spiro atoms. The van der Waals surface area contributed by atoms with Crippen molar-refractivity contribution in [3.63, 3.8) is 0 Å². The normalized spacial score (nSPS) is 14.4. The van der Waals surface area contributed by atoms with Crippen LogP contribution in [-0.2, 0) is 16.0 Å². The summed E-state index contributed by atoms with van der Waals surface area (Å²) in [4.78, 5) is 16.9. The molecule has 0 aromatic heterocycles. The van der Waals surface area contributed by atoms with E-state index in [-0.39, 0.29) is 5.70 Å². The van der Waals surface area contributed by atoms with Crippen molar-refractivity contribution in [3.05, 3.63) is 116 Å². The number of carbonyl (C=O) groups excluding carboxylic acids is 1. The minimum Gasteiger partial charge on any atom is -0.491 e. The summed E-state index contributed by atoms with van der Waals surface area (Å²) in [5.74, 6) is 0.548. The smallest absolute Gasteiger partial charge is 0.363 e. The van der Waals surface area contributed by atoms with E-state index in [1.54, 1.807) is 6.08 Å². The van der Waals surface area contributed by atoms with Gasteiger partial charge >= 0.3 is 5.97 Å². The summed E-state index contributed by atoms with van der Waals surface area (Å²) in [5.41, 5.74) is 3.03. The number of carbonyl (C=O) groups is 1. The van der Waals surface area contributed by atoms with Gasteiger partial charge < -0.3 is 9.47 Å². The van der Waals surface area contributed by atoms with Gasteiger partial charge in [-0.1, -0.05) is 60.7 Å². The van der Waals surface area contributed by atoms with Crippen LogP contribution >= 0.6 is 31.9 Å². The average molecular weight is 577 g/mol. The molecule has 0 aliphatic carbocycles. The highest BCUT2D eigenvalue weighted by Crippen LogP contribution is 2.36. The van der Waals surface area contributed by atoms with Crippen molar-refractivity contribution < 1.29 is 14.3 Å². The van der Waals surface area contributed by atoms with Gasteiger partial charge in [0.1, 0.15) is 5.75 Å². The molecule has 0 radical (unpaired) electrons. The highest BCUT2D eigenvalue weighted by atomic mass is 79.9. The molecule has 0 saturated carbocycles. The highest BCUT2D eigenvalue weighted by molar-refractivity contribution is 9.11. The predicted octanol–water partition coefficient (Wildman–Crippen LogP) is 7.33. The van der Waals surface area contributed by atoms with Crippen LogP contribution in [0.15, 0.2) is 105 Å². The van der Waals surface area contributed by atoms with Crippen LogP contribution in [-0.4, -0.2) is 18.5 Å². The summed E-state index contributed by atoms with van der Waals surface area (Å²) in [7, 11) is 0. The quantitative estimate of drug-likeness (QED) is 0.178. The van der Waals surface area contributed by atoms with Crippen LogP contribution in [0.4, 0.5) is 0 Å². The Morgan fingerprint density at radius 3 is 2.32 bits per heavy atom. The maximum Gasteiger partial charge on any atom is 0.363 e. The minimum atomic E-state index is -0.474. The van der Waals surface area contributed by atoms with E-state index >= 15 is 0 Å². The summed E-state index contributed by atoms with van der Waals surface area (Å²) in [6.07, 6.45) is 2.52. The third-order valence-corrected chi connectivity index (χ3v) is 6.60. The largest absolute Gasteiger partial charge is 0.491 e. The Morgan fingerprint density at radius 2 is 1.56 bits per heavy atom. The molecule has 0 amide bonds. The van der Waals surface area contributed by atoms with Crippen LogP contribution in [0.3, 0.4) is 0 Å². The number of halogens is 2. The van der Waals surface area contributed by atoms with Crippen LogP contribution in [0, 0.1) is 0 Å². The summed E-state index contributed by atoms with van der Waals surface area (Å²) >= 11 is 7.17. The zero-order valence-corrected chi connectivity index (χ0v) is 21.2. The molecule has 0 N–H and O–H groups in total. The molecule has 0 unspecified atom stereocenters. The first kappa shape index (κ1) is 22.6. The number of rotatable bonds is 6. The molecule has 1 heterocycles. The molecule has 5 rings (SSSR count). The molecule has 4 nitrogen and oxygen atoms in total. The highest BCUT2D eigenvalue weighted by Gasteiger charge is 2.24. The summed E-state index contributed by atoms with van der Waals surface area (Å²) in [6.45, 7) is 0.549. The zero-order chi connectivity index (χ0) is 23.5. The van der Waals surface area contributed by atoms with Gasteiger partial charge in [-0.3, -0.25) is 0 Å². The first-order chi connectivity index (χ1) is 16.6. The summed E-state index contributed by atoms with van der Waals surface area (Å²) < 4.78 is 13.0. The van der Waals surface area contributed by atoms with E-state index in [0.29, 0.717) is 18.3 Å². The second-order valence-electron chi connectivity index (χ2n) is 7.80. The SMILES string of the molecule is O=C1OC(c2ccc3ccccc3c2)=N/C1=C\c1cc(Br)c(OCCc2ccccc2)c(Br)c1. The first-order valence-corrected chi connectivity index (χ1v) is 12.3. The van der Waals surface area contributed by atoms with Crippen LogP contribution in [0.2, 0.25) is 0 Å². The molecule has 4 aromatic carbocycles. The van der Waals surface area contributed by atoms with Crippen LogP contribution in [0.25, 0.3) is 16.8 Å². The van der Waals surface area contributed by atoms with Crippen molar-refractivity contribution >= 4 is 60.6 Å². The number of benzene rings is 4. The van der Waals surface area contributed by atoms with Crippen LogP contribution in [0.1, 0.15) is 16.7 Å². The second kappa shape index (κ2) is 9.95. The van der Waals surface area contributed by atoms with E-state index in [1.807, 2.05) is 72.8 Å². The Labute approximate surface area is 214 Å². The second-order valence-corrected chi connectivity index (χ2v) is 9.50. The van der Waals surface area contributed by atoms with Gasteiger partial charge in [0.15, 0.2) is 5.70 Å². The molecule has 0 bridgehead atoms. The van der Waals surface area contributed by atoms with E-state index in [2.05, 4.69) is 49.0 Å². The van der Waals surface area contributed by atoms with Crippen LogP contribution < -0.4 is 4.74 Å². The number of fused-ring (bicyclic) bond motifs is 1. The molecule has 1 aliphatic heterocycles. The van der Waals surface area contributed by atoms with Gasteiger partial charge in [0.2, 0.25) is 5.90 Å². The van der Waals surface area contributed by atoms with Crippen molar-refractivity contribution in [2.24, 2.45) is 4.99 Å². The molecule has 6 heteroatoms. The molecule has 0 saturated heterocycles. The van der Waals surface area contributed by atoms with E-state index in [9.17, 15) is 4.79 Å². The van der Waals surface area contributed by atoms with Gasteiger partial charge in [0.25, 0.3) is 0 Å². The van der Waals surface area contributed by atoms with Crippen molar-refractivity contribution in [3.8, 4) is 5.75 Å². The van der Waals surface area contributed by atoms with Crippen molar-refractivity contribution in [2.75, 3.05) is 6.61 Å². The van der Waals surface area contributed by atoms with Crippen molar-refractivity contribution in [1.82, 2.24) is 0 Å². The molecule has 168 valence electrons. The van der Waals surface area contributed by atoms with Gasteiger partial charge in [0, 0.05) is 12.0 Å². The maximum absolute atomic E-state index is 12.5. The number of cyclic esters (lactones) is 1. The Balaban J connectivity index is 1.35. The molecule has 4 aromatic rings. The Bertz CT molecular complexity index is 1420. The van der Waals surface area contributed by atoms with Gasteiger partial charge in [-0.05, 0) is 84.1 Å². The fourth-order valence-electron chi connectivity index (χ4n) is 3.73. The standard InChI is InChI=1S/C28H19Br2NO3/c29-23-14-19(15-24(30)26(23)33-13-12-18-6-2-1-3-7-18)16-25-28(32)34-27(31-25)22-11-10-20-8-4-5-9-21(20)17-22/h1-11,14-17H,12-13H2/b25-16-. The lowest BCUT2D eigenvalue weighted by Crippen LogP contribution is -2.05. The van der Waals surface area contributed by atoms with E-state index in [1.165, 1.54) is 5.56 Å². The molecule has 0 atom stereocenters. The van der Waals surface area contributed by atoms with Gasteiger partial charge in [-0.15, -0.1) is 0 Å². The number of nitrogens with zero attached hydrogens (tertiary/aromatic N) is 1. The van der Waals surface area contributed by atoms with Crippen molar-refractivity contribution in [2.45, 2.75) is 6.42 Å². The lowest BCUT2D eigenvalue weighted by molar-refractivity contribution is -0.129. The van der Waals surface area contributed by atoms with Crippen molar-refractivity contribution in [1.29, 1.82) is 0 Å². The lowest BCUT2D eigenvalue weighted by atomic mass is 10.1. The van der Waals surface area contributed by atoms with E-state index in [0.717, 1.165) is 37.3 Å². The molecular weight excluding hydrogens is 558 g/mol. The number of esters is 1. The maximum atomic E-state index is 12.5. The van der Waals surface area contributed by atoms with Gasteiger partial charge in [-0.25, -0.2) is 9.79 Å². The van der Waals surface area contributed by atoms with Gasteiger partial charge in [-0.2, -0.15) is 0 Å². The molecule has 0 fully saturated rings. The summed E-state index contributed by atoms with van der Waals surface area (Å²) in [6, 6.07) is 27.9. The average Bonchev–Trinajstić information content (AvgIpc) is 3.21. The zero-order valence-electron chi connectivity index (χ0n) is 18.0. The van der Waals surface area contributed by atoms with Crippen LogP contribution in [0.5, 0.6) is 5.75 Å². The van der Waals surface area contributed by atoms with E-state index < -0.39 is 5.97 Å². The Kier molecular flexibility index (Phi) is 6.61. The molecular formula is C28H19Br2NO3. The summed E-state index contributed by atoms with van der Waals surface area (Å²) in [5, 5.41) is 2.18. The predicted molar refractivity (Wildman–Crippen MR) is 142 cm³/mol. The van der Waals surface area contributed by atoms with E-state index in [4.69, 9.17) is 9.47 Å². The number of hydrogen-bond donors (Lipinski definition) is 0. The minimum absolute atomic E-state index is 0.250.